The zero-order chi connectivity index (χ0) is 26.6. The number of ether oxygens (including phenoxy) is 1. The Morgan fingerprint density at radius 1 is 1.00 bits per heavy atom. The summed E-state index contributed by atoms with van der Waals surface area (Å²) in [5.74, 6) is 0.592. The zero-order valence-corrected chi connectivity index (χ0v) is 22.7. The van der Waals surface area contributed by atoms with Gasteiger partial charge < -0.3 is 9.26 Å². The molecule has 1 aliphatic heterocycles. The van der Waals surface area contributed by atoms with E-state index in [9.17, 15) is 0 Å². The van der Waals surface area contributed by atoms with Gasteiger partial charge in [0.25, 0.3) is 4.84 Å². The second-order valence-electron chi connectivity index (χ2n) is 9.69. The SMILES string of the molecule is CCC(=C(c1ccc(C=Cc2noc(=S)[nH]2)cc1)c1ccc2c(cnn2C2CCCCO2)c1)c1ccccc1. The van der Waals surface area contributed by atoms with Gasteiger partial charge >= 0.3 is 0 Å². The highest BCUT2D eigenvalue weighted by Crippen LogP contribution is 2.36. The Kier molecular flexibility index (Phi) is 7.34. The Hall–Kier alpha value is -4.07. The maximum absolute atomic E-state index is 6.02. The second-order valence-corrected chi connectivity index (χ2v) is 10.1. The number of H-pyrrole nitrogens is 1. The monoisotopic (exact) mass is 534 g/mol. The highest BCUT2D eigenvalue weighted by atomic mass is 32.1. The van der Waals surface area contributed by atoms with Crippen LogP contribution in [-0.4, -0.2) is 26.5 Å². The number of rotatable bonds is 7. The number of aromatic nitrogens is 4. The van der Waals surface area contributed by atoms with E-state index in [0.717, 1.165) is 47.9 Å². The molecule has 0 amide bonds. The molecule has 0 aliphatic carbocycles. The van der Waals surface area contributed by atoms with Gasteiger partial charge in [-0.3, -0.25) is 4.98 Å². The van der Waals surface area contributed by atoms with Gasteiger partial charge in [0.1, 0.15) is 0 Å². The molecule has 1 atom stereocenters. The van der Waals surface area contributed by atoms with Crippen LogP contribution in [0.25, 0.3) is 34.2 Å². The summed E-state index contributed by atoms with van der Waals surface area (Å²) in [6.45, 7) is 3.02. The lowest BCUT2D eigenvalue weighted by Crippen LogP contribution is -2.18. The fraction of sp³-hybridized carbons (Fsp3) is 0.219. The molecule has 2 aromatic heterocycles. The van der Waals surface area contributed by atoms with Crippen LogP contribution in [0, 0.1) is 4.84 Å². The van der Waals surface area contributed by atoms with Crippen molar-refractivity contribution in [3.63, 3.8) is 0 Å². The predicted octanol–water partition coefficient (Wildman–Crippen LogP) is 8.32. The van der Waals surface area contributed by atoms with Crippen LogP contribution in [0.1, 0.15) is 66.9 Å². The molecule has 6 rings (SSSR count). The molecule has 7 heteroatoms. The van der Waals surface area contributed by atoms with E-state index in [1.54, 1.807) is 0 Å². The van der Waals surface area contributed by atoms with E-state index in [4.69, 9.17) is 26.6 Å². The van der Waals surface area contributed by atoms with Gasteiger partial charge in [-0.05, 0) is 89.5 Å². The molecule has 0 spiro atoms. The Labute approximate surface area is 232 Å². The van der Waals surface area contributed by atoms with Gasteiger partial charge in [-0.1, -0.05) is 78.8 Å². The van der Waals surface area contributed by atoms with Crippen LogP contribution in [0.15, 0.2) is 83.5 Å². The van der Waals surface area contributed by atoms with Gasteiger partial charge in [0.2, 0.25) is 0 Å². The minimum Gasteiger partial charge on any atom is -0.356 e. The minimum absolute atomic E-state index is 0.0146. The van der Waals surface area contributed by atoms with E-state index in [2.05, 4.69) is 89.9 Å². The van der Waals surface area contributed by atoms with E-state index in [1.807, 2.05) is 23.0 Å². The molecule has 0 radical (unpaired) electrons. The molecule has 1 N–H and O–H groups in total. The van der Waals surface area contributed by atoms with Crippen molar-refractivity contribution in [1.29, 1.82) is 0 Å². The summed E-state index contributed by atoms with van der Waals surface area (Å²) in [7, 11) is 0. The highest BCUT2D eigenvalue weighted by Gasteiger charge is 2.20. The van der Waals surface area contributed by atoms with Crippen molar-refractivity contribution in [2.24, 2.45) is 0 Å². The summed E-state index contributed by atoms with van der Waals surface area (Å²) in [4.78, 5) is 3.17. The summed E-state index contributed by atoms with van der Waals surface area (Å²) in [6.07, 6.45) is 10.0. The van der Waals surface area contributed by atoms with Gasteiger partial charge in [-0.25, -0.2) is 4.68 Å². The van der Waals surface area contributed by atoms with Crippen LogP contribution < -0.4 is 0 Å². The molecule has 196 valence electrons. The first kappa shape index (κ1) is 25.2. The number of nitrogens with zero attached hydrogens (tertiary/aromatic N) is 3. The summed E-state index contributed by atoms with van der Waals surface area (Å²) >= 11 is 4.96. The summed E-state index contributed by atoms with van der Waals surface area (Å²) < 4.78 is 13.0. The smallest absolute Gasteiger partial charge is 0.295 e. The molecule has 0 bridgehead atoms. The van der Waals surface area contributed by atoms with E-state index in [-0.39, 0.29) is 11.1 Å². The third-order valence-electron chi connectivity index (χ3n) is 7.18. The van der Waals surface area contributed by atoms with Crippen molar-refractivity contribution < 1.29 is 9.26 Å². The lowest BCUT2D eigenvalue weighted by atomic mass is 9.87. The van der Waals surface area contributed by atoms with E-state index in [0.29, 0.717) is 5.82 Å². The Bertz CT molecular complexity index is 1690. The molecule has 3 aromatic carbocycles. The number of nitrogens with one attached hydrogen (secondary N) is 1. The van der Waals surface area contributed by atoms with E-state index >= 15 is 0 Å². The van der Waals surface area contributed by atoms with Crippen LogP contribution in [-0.2, 0) is 4.74 Å². The molecular weight excluding hydrogens is 504 g/mol. The Morgan fingerprint density at radius 2 is 1.82 bits per heavy atom. The Morgan fingerprint density at radius 3 is 2.54 bits per heavy atom. The fourth-order valence-electron chi connectivity index (χ4n) is 5.28. The first-order chi connectivity index (χ1) is 19.2. The number of fused-ring (bicyclic) bond motifs is 1. The molecule has 1 unspecified atom stereocenters. The van der Waals surface area contributed by atoms with Crippen molar-refractivity contribution in [2.75, 3.05) is 6.61 Å². The van der Waals surface area contributed by atoms with Gasteiger partial charge in [0.15, 0.2) is 12.1 Å². The number of benzene rings is 3. The maximum atomic E-state index is 6.02. The quantitative estimate of drug-likeness (QED) is 0.168. The molecule has 5 aromatic rings. The van der Waals surface area contributed by atoms with E-state index in [1.165, 1.54) is 28.7 Å². The van der Waals surface area contributed by atoms with Crippen molar-refractivity contribution in [1.82, 2.24) is 19.9 Å². The molecule has 1 saturated heterocycles. The summed E-state index contributed by atoms with van der Waals surface area (Å²) in [6, 6.07) is 25.9. The maximum Gasteiger partial charge on any atom is 0.295 e. The third kappa shape index (κ3) is 5.41. The summed E-state index contributed by atoms with van der Waals surface area (Å²) in [5.41, 5.74) is 8.26. The van der Waals surface area contributed by atoms with Crippen LogP contribution in [0.5, 0.6) is 0 Å². The second kappa shape index (κ2) is 11.4. The van der Waals surface area contributed by atoms with Crippen molar-refractivity contribution in [2.45, 2.75) is 38.8 Å². The van der Waals surface area contributed by atoms with Crippen molar-refractivity contribution in [3.8, 4) is 0 Å². The van der Waals surface area contributed by atoms with Gasteiger partial charge in [-0.2, -0.15) is 5.10 Å². The van der Waals surface area contributed by atoms with Crippen LogP contribution in [0.2, 0.25) is 0 Å². The number of allylic oxidation sites excluding steroid dienone is 1. The lowest BCUT2D eigenvalue weighted by Gasteiger charge is -2.23. The van der Waals surface area contributed by atoms with Crippen LogP contribution >= 0.6 is 12.2 Å². The number of hydrogen-bond donors (Lipinski definition) is 1. The molecular formula is C32H30N4O2S. The predicted molar refractivity (Wildman–Crippen MR) is 158 cm³/mol. The van der Waals surface area contributed by atoms with Gasteiger partial charge in [-0.15, -0.1) is 0 Å². The molecule has 3 heterocycles. The van der Waals surface area contributed by atoms with Crippen molar-refractivity contribution in [3.05, 3.63) is 112 Å². The number of hydrogen-bond acceptors (Lipinski definition) is 5. The lowest BCUT2D eigenvalue weighted by molar-refractivity contribution is -0.0366. The molecule has 6 nitrogen and oxygen atoms in total. The van der Waals surface area contributed by atoms with Crippen LogP contribution in [0.3, 0.4) is 0 Å². The average Bonchev–Trinajstić information content (AvgIpc) is 3.61. The topological polar surface area (TPSA) is 68.9 Å². The molecule has 39 heavy (non-hydrogen) atoms. The fourth-order valence-corrected chi connectivity index (χ4v) is 5.43. The average molecular weight is 535 g/mol. The normalized spacial score (nSPS) is 16.6. The third-order valence-corrected chi connectivity index (χ3v) is 7.36. The first-order valence-corrected chi connectivity index (χ1v) is 13.8. The molecule has 0 saturated carbocycles. The zero-order valence-electron chi connectivity index (χ0n) is 21.8. The van der Waals surface area contributed by atoms with Gasteiger partial charge in [0, 0.05) is 12.0 Å². The van der Waals surface area contributed by atoms with Gasteiger partial charge in [0.05, 0.1) is 11.7 Å². The highest BCUT2D eigenvalue weighted by molar-refractivity contribution is 7.71. The molecule has 1 aliphatic rings. The molecule has 1 fully saturated rings. The minimum atomic E-state index is 0.0146. The van der Waals surface area contributed by atoms with Crippen LogP contribution in [0.4, 0.5) is 0 Å². The Balaban J connectivity index is 1.41. The first-order valence-electron chi connectivity index (χ1n) is 13.4. The standard InChI is InChI=1S/C32H30N4O2S/c1-2-27(23-8-4-3-5-9-23)31(24-14-11-22(12-15-24)13-18-29-34-32(39)38-35-29)25-16-17-28-26(20-25)21-33-36(28)30-10-6-7-19-37-30/h3-5,8-9,11-18,20-21,30H,2,6-7,10,19H2,1H3,(H,34,35,39). The number of aromatic amines is 1. The van der Waals surface area contributed by atoms with E-state index < -0.39 is 0 Å². The van der Waals surface area contributed by atoms with Crippen molar-refractivity contribution >= 4 is 46.4 Å². The largest absolute Gasteiger partial charge is 0.356 e. The summed E-state index contributed by atoms with van der Waals surface area (Å²) in [5, 5.41) is 9.74.